The highest BCUT2D eigenvalue weighted by molar-refractivity contribution is 14.0. The number of aromatic nitrogens is 1. The van der Waals surface area contributed by atoms with Crippen LogP contribution in [0.1, 0.15) is 0 Å². The molecule has 1 aromatic heterocycles. The quantitative estimate of drug-likeness (QED) is 0.242. The average Bonchev–Trinajstić information content (AvgIpc) is 2.75. The molecule has 0 bridgehead atoms. The van der Waals surface area contributed by atoms with E-state index in [4.69, 9.17) is 11.6 Å². The van der Waals surface area contributed by atoms with E-state index < -0.39 is 10.0 Å². The van der Waals surface area contributed by atoms with Crippen molar-refractivity contribution in [2.24, 2.45) is 4.99 Å². The molecule has 0 atom stereocenters. The first-order chi connectivity index (χ1) is 14.0. The van der Waals surface area contributed by atoms with Crippen LogP contribution in [0.2, 0.25) is 5.02 Å². The molecule has 11 heteroatoms. The van der Waals surface area contributed by atoms with Crippen molar-refractivity contribution in [2.45, 2.75) is 4.90 Å². The Morgan fingerprint density at radius 2 is 1.93 bits per heavy atom. The summed E-state index contributed by atoms with van der Waals surface area (Å²) in [6.45, 7) is 4.02. The summed E-state index contributed by atoms with van der Waals surface area (Å²) in [5.41, 5.74) is 1.12. The summed E-state index contributed by atoms with van der Waals surface area (Å²) in [5.74, 6) is 0.760. The number of benzene rings is 1. The van der Waals surface area contributed by atoms with E-state index >= 15 is 0 Å². The molecule has 2 heterocycles. The molecule has 2 aromatic rings. The number of aliphatic imine (C=N–C) groups is 1. The summed E-state index contributed by atoms with van der Waals surface area (Å²) >= 11 is 6.09. The molecule has 30 heavy (non-hydrogen) atoms. The van der Waals surface area contributed by atoms with E-state index in [1.54, 1.807) is 13.1 Å². The molecule has 2 N–H and O–H groups in total. The maximum absolute atomic E-state index is 12.2. The highest BCUT2D eigenvalue weighted by Crippen LogP contribution is 2.20. The van der Waals surface area contributed by atoms with Gasteiger partial charge in [0.1, 0.15) is 4.90 Å². The molecule has 1 saturated heterocycles. The minimum Gasteiger partial charge on any atom is -0.368 e. The van der Waals surface area contributed by atoms with Crippen LogP contribution in [-0.2, 0) is 10.0 Å². The molecule has 1 fully saturated rings. The number of anilines is 1. The lowest BCUT2D eigenvalue weighted by atomic mass is 10.2. The molecule has 1 aliphatic heterocycles. The summed E-state index contributed by atoms with van der Waals surface area (Å²) < 4.78 is 27.0. The Bertz CT molecular complexity index is 937. The van der Waals surface area contributed by atoms with E-state index in [2.05, 4.69) is 35.9 Å². The molecule has 0 unspecified atom stereocenters. The number of rotatable bonds is 6. The van der Waals surface area contributed by atoms with Gasteiger partial charge in [-0.05, 0) is 30.3 Å². The number of nitrogens with zero attached hydrogens (tertiary/aromatic N) is 4. The first-order valence-electron chi connectivity index (χ1n) is 9.35. The van der Waals surface area contributed by atoms with Crippen LogP contribution in [0, 0.1) is 0 Å². The van der Waals surface area contributed by atoms with Gasteiger partial charge in [-0.25, -0.2) is 13.1 Å². The van der Waals surface area contributed by atoms with Gasteiger partial charge < -0.3 is 15.1 Å². The van der Waals surface area contributed by atoms with E-state index in [9.17, 15) is 8.42 Å². The Balaban J connectivity index is 0.00000320. The van der Waals surface area contributed by atoms with Crippen molar-refractivity contribution in [2.75, 3.05) is 51.2 Å². The predicted molar refractivity (Wildman–Crippen MR) is 131 cm³/mol. The second-order valence-corrected chi connectivity index (χ2v) is 8.72. The largest absolute Gasteiger partial charge is 0.368 e. The molecule has 164 valence electrons. The van der Waals surface area contributed by atoms with Gasteiger partial charge in [-0.15, -0.1) is 24.0 Å². The van der Waals surface area contributed by atoms with Crippen LogP contribution in [0.3, 0.4) is 0 Å². The first-order valence-corrected chi connectivity index (χ1v) is 11.2. The Morgan fingerprint density at radius 1 is 1.17 bits per heavy atom. The maximum Gasteiger partial charge on any atom is 0.242 e. The fraction of sp³-hybridized carbons (Fsp3) is 0.368. The van der Waals surface area contributed by atoms with Crippen LogP contribution in [0.25, 0.3) is 0 Å². The van der Waals surface area contributed by atoms with Crippen molar-refractivity contribution in [1.82, 2.24) is 19.9 Å². The van der Waals surface area contributed by atoms with Crippen molar-refractivity contribution in [3.63, 3.8) is 0 Å². The monoisotopic (exact) mass is 564 g/mol. The van der Waals surface area contributed by atoms with Gasteiger partial charge in [-0.3, -0.25) is 9.98 Å². The molecule has 0 amide bonds. The lowest BCUT2D eigenvalue weighted by Gasteiger charge is -2.37. The highest BCUT2D eigenvalue weighted by atomic mass is 127. The topological polar surface area (TPSA) is 89.9 Å². The first kappa shape index (κ1) is 24.6. The summed E-state index contributed by atoms with van der Waals surface area (Å²) in [5, 5.41) is 3.95. The maximum atomic E-state index is 12.2. The van der Waals surface area contributed by atoms with Crippen LogP contribution in [0.5, 0.6) is 0 Å². The summed E-state index contributed by atoms with van der Waals surface area (Å²) in [6.07, 6.45) is 2.87. The molecule has 1 aliphatic rings. The second-order valence-electron chi connectivity index (χ2n) is 6.51. The highest BCUT2D eigenvalue weighted by Gasteiger charge is 2.20. The van der Waals surface area contributed by atoms with Gasteiger partial charge in [0, 0.05) is 69.4 Å². The number of hydrogen-bond acceptors (Lipinski definition) is 5. The lowest BCUT2D eigenvalue weighted by Crippen LogP contribution is -2.53. The Hall–Kier alpha value is -1.63. The van der Waals surface area contributed by atoms with Crippen LogP contribution in [0.4, 0.5) is 5.69 Å². The van der Waals surface area contributed by atoms with E-state index in [1.165, 1.54) is 18.5 Å². The van der Waals surface area contributed by atoms with Crippen LogP contribution in [-0.4, -0.2) is 70.6 Å². The van der Waals surface area contributed by atoms with Crippen molar-refractivity contribution >= 4 is 57.2 Å². The molecule has 0 spiro atoms. The van der Waals surface area contributed by atoms with Gasteiger partial charge in [0.2, 0.25) is 10.0 Å². The third-order valence-electron chi connectivity index (χ3n) is 4.61. The lowest BCUT2D eigenvalue weighted by molar-refractivity contribution is 0.373. The molecule has 8 nitrogen and oxygen atoms in total. The number of nitrogens with one attached hydrogen (secondary N) is 2. The zero-order chi connectivity index (χ0) is 20.7. The van der Waals surface area contributed by atoms with E-state index in [-0.39, 0.29) is 35.4 Å². The van der Waals surface area contributed by atoms with Crippen molar-refractivity contribution in [3.8, 4) is 0 Å². The molecular weight excluding hydrogens is 539 g/mol. The number of halogens is 2. The number of hydrogen-bond donors (Lipinski definition) is 2. The van der Waals surface area contributed by atoms with Crippen LogP contribution in [0.15, 0.2) is 58.7 Å². The summed E-state index contributed by atoms with van der Waals surface area (Å²) in [7, 11) is -1.83. The van der Waals surface area contributed by atoms with Crippen LogP contribution >= 0.6 is 35.6 Å². The SMILES string of the molecule is CN=C(NCCNS(=O)(=O)c1cccnc1)N1CCN(c2cccc(Cl)c2)CC1.I. The van der Waals surface area contributed by atoms with E-state index in [0.29, 0.717) is 6.54 Å². The van der Waals surface area contributed by atoms with E-state index in [0.717, 1.165) is 42.8 Å². The van der Waals surface area contributed by atoms with Crippen molar-refractivity contribution in [1.29, 1.82) is 0 Å². The molecule has 3 rings (SSSR count). The van der Waals surface area contributed by atoms with Gasteiger partial charge in [0.05, 0.1) is 0 Å². The van der Waals surface area contributed by atoms with Gasteiger partial charge in [0.15, 0.2) is 5.96 Å². The Morgan fingerprint density at radius 3 is 2.57 bits per heavy atom. The second kappa shape index (κ2) is 11.7. The normalized spacial score (nSPS) is 14.9. The molecule has 1 aromatic carbocycles. The average molecular weight is 565 g/mol. The smallest absolute Gasteiger partial charge is 0.242 e. The number of pyridine rings is 1. The molecule has 0 saturated carbocycles. The summed E-state index contributed by atoms with van der Waals surface area (Å²) in [6, 6.07) is 11.0. The Labute approximate surface area is 199 Å². The number of piperazine rings is 1. The van der Waals surface area contributed by atoms with Crippen molar-refractivity contribution < 1.29 is 8.42 Å². The number of guanidine groups is 1. The minimum atomic E-state index is -3.55. The van der Waals surface area contributed by atoms with Gasteiger partial charge in [-0.1, -0.05) is 17.7 Å². The standard InChI is InChI=1S/C19H25ClN6O2S.HI/c1-21-19(23-8-9-24-29(27,28)18-6-3-7-22-15-18)26-12-10-25(11-13-26)17-5-2-4-16(20)14-17;/h2-7,14-15,24H,8-13H2,1H3,(H,21,23);1H. The fourth-order valence-electron chi connectivity index (χ4n) is 3.13. The number of sulfonamides is 1. The minimum absolute atomic E-state index is 0. The molecule has 0 aliphatic carbocycles. The molecular formula is C19H26ClIN6O2S. The zero-order valence-corrected chi connectivity index (χ0v) is 20.6. The van der Waals surface area contributed by atoms with Crippen LogP contribution < -0.4 is 14.9 Å². The van der Waals surface area contributed by atoms with Gasteiger partial charge >= 0.3 is 0 Å². The third kappa shape index (κ3) is 6.69. The zero-order valence-electron chi connectivity index (χ0n) is 16.7. The van der Waals surface area contributed by atoms with Gasteiger partial charge in [0.25, 0.3) is 0 Å². The molecule has 0 radical (unpaired) electrons. The Kier molecular flexibility index (Phi) is 9.59. The van der Waals surface area contributed by atoms with Crippen molar-refractivity contribution in [3.05, 3.63) is 53.8 Å². The fourth-order valence-corrected chi connectivity index (χ4v) is 4.31. The third-order valence-corrected chi connectivity index (χ3v) is 6.29. The predicted octanol–water partition coefficient (Wildman–Crippen LogP) is 2.03. The van der Waals surface area contributed by atoms with E-state index in [1.807, 2.05) is 18.2 Å². The summed E-state index contributed by atoms with van der Waals surface area (Å²) in [4.78, 5) is 12.8. The van der Waals surface area contributed by atoms with Gasteiger partial charge in [-0.2, -0.15) is 0 Å².